The van der Waals surface area contributed by atoms with Crippen molar-refractivity contribution in [2.75, 3.05) is 0 Å². The summed E-state index contributed by atoms with van der Waals surface area (Å²) in [5.74, 6) is -0.460. The highest BCUT2D eigenvalue weighted by atomic mass is 16.3. The molecule has 0 bridgehead atoms. The van der Waals surface area contributed by atoms with Gasteiger partial charge >= 0.3 is 0 Å². The molecule has 0 aromatic heterocycles. The minimum atomic E-state index is -0.954. The van der Waals surface area contributed by atoms with Gasteiger partial charge < -0.3 is 5.11 Å². The molecule has 3 heteroatoms. The number of carbonyl (C=O) groups is 2. The maximum atomic E-state index is 12.3. The van der Waals surface area contributed by atoms with E-state index in [0.29, 0.717) is 23.1 Å². The molecule has 2 rings (SSSR count). The van der Waals surface area contributed by atoms with Crippen LogP contribution in [-0.2, 0) is 0 Å². The van der Waals surface area contributed by atoms with Crippen molar-refractivity contribution in [3.63, 3.8) is 0 Å². The Hall–Kier alpha value is -2.00. The second-order valence-corrected chi connectivity index (χ2v) is 4.26. The van der Waals surface area contributed by atoms with Gasteiger partial charge in [-0.05, 0) is 13.3 Å². The Morgan fingerprint density at radius 2 is 1.78 bits per heavy atom. The van der Waals surface area contributed by atoms with Crippen LogP contribution in [0.25, 0.3) is 0 Å². The lowest BCUT2D eigenvalue weighted by Crippen LogP contribution is -2.27. The Kier molecular flexibility index (Phi) is 3.26. The van der Waals surface area contributed by atoms with Gasteiger partial charge in [0.1, 0.15) is 0 Å². The van der Waals surface area contributed by atoms with Crippen LogP contribution in [0.4, 0.5) is 0 Å². The number of hydrogen-bond donors (Lipinski definition) is 1. The molecular weight excluding hydrogens is 228 g/mol. The van der Waals surface area contributed by atoms with Crippen LogP contribution in [0.15, 0.2) is 48.1 Å². The highest BCUT2D eigenvalue weighted by molar-refractivity contribution is 6.27. The van der Waals surface area contributed by atoms with E-state index in [-0.39, 0.29) is 17.1 Å². The molecule has 1 atom stereocenters. The van der Waals surface area contributed by atoms with Gasteiger partial charge in [-0.2, -0.15) is 0 Å². The molecule has 0 fully saturated rings. The van der Waals surface area contributed by atoms with Gasteiger partial charge in [0.2, 0.25) is 0 Å². The molecule has 1 aliphatic carbocycles. The average molecular weight is 242 g/mol. The normalized spacial score (nSPS) is 16.6. The number of benzene rings is 1. The number of allylic oxidation sites excluding steroid dienone is 2. The summed E-state index contributed by atoms with van der Waals surface area (Å²) in [5, 5.41) is 9.72. The molecule has 0 amide bonds. The second kappa shape index (κ2) is 4.70. The smallest absolute Gasteiger partial charge is 0.192 e. The van der Waals surface area contributed by atoms with Crippen molar-refractivity contribution in [2.24, 2.45) is 0 Å². The molecule has 0 spiro atoms. The molecule has 1 aliphatic rings. The summed E-state index contributed by atoms with van der Waals surface area (Å²) >= 11 is 0. The van der Waals surface area contributed by atoms with E-state index in [0.717, 1.165) is 0 Å². The zero-order valence-corrected chi connectivity index (χ0v) is 10.1. The van der Waals surface area contributed by atoms with Gasteiger partial charge in [0.15, 0.2) is 11.6 Å². The molecule has 1 aromatic carbocycles. The van der Waals surface area contributed by atoms with E-state index in [1.165, 1.54) is 6.92 Å². The molecular formula is C15H14O3. The quantitative estimate of drug-likeness (QED) is 0.827. The van der Waals surface area contributed by atoms with Crippen LogP contribution in [0.3, 0.4) is 0 Å². The van der Waals surface area contributed by atoms with Crippen molar-refractivity contribution in [2.45, 2.75) is 19.4 Å². The first kappa shape index (κ1) is 12.5. The van der Waals surface area contributed by atoms with E-state index in [1.54, 1.807) is 30.3 Å². The zero-order valence-electron chi connectivity index (χ0n) is 10.1. The van der Waals surface area contributed by atoms with Crippen LogP contribution >= 0.6 is 0 Å². The summed E-state index contributed by atoms with van der Waals surface area (Å²) in [5.41, 5.74) is 1.32. The largest absolute Gasteiger partial charge is 0.389 e. The summed E-state index contributed by atoms with van der Waals surface area (Å²) in [7, 11) is 0. The van der Waals surface area contributed by atoms with Crippen molar-refractivity contribution in [3.8, 4) is 0 Å². The van der Waals surface area contributed by atoms with Gasteiger partial charge in [-0.3, -0.25) is 9.59 Å². The molecule has 0 radical (unpaired) electrons. The van der Waals surface area contributed by atoms with Crippen LogP contribution in [0.2, 0.25) is 0 Å². The highest BCUT2D eigenvalue weighted by Gasteiger charge is 2.32. The predicted molar refractivity (Wildman–Crippen MR) is 68.6 cm³/mol. The molecule has 1 unspecified atom stereocenters. The van der Waals surface area contributed by atoms with Crippen LogP contribution in [0, 0.1) is 0 Å². The third kappa shape index (κ3) is 1.83. The molecule has 18 heavy (non-hydrogen) atoms. The van der Waals surface area contributed by atoms with Crippen molar-refractivity contribution >= 4 is 11.6 Å². The van der Waals surface area contributed by atoms with Gasteiger partial charge in [-0.15, -0.1) is 6.58 Å². The number of aliphatic hydroxyl groups excluding tert-OH is 1. The first-order valence-corrected chi connectivity index (χ1v) is 5.78. The lowest BCUT2D eigenvalue weighted by atomic mass is 9.81. The summed E-state index contributed by atoms with van der Waals surface area (Å²) in [6.45, 7) is 5.08. The maximum Gasteiger partial charge on any atom is 0.192 e. The van der Waals surface area contributed by atoms with Crippen LogP contribution < -0.4 is 0 Å². The molecule has 1 N–H and O–H groups in total. The molecule has 1 aromatic rings. The van der Waals surface area contributed by atoms with Gasteiger partial charge in [0.25, 0.3) is 0 Å². The predicted octanol–water partition coefficient (Wildman–Crippen LogP) is 2.32. The third-order valence-electron chi connectivity index (χ3n) is 3.03. The van der Waals surface area contributed by atoms with Gasteiger partial charge in [-0.1, -0.05) is 30.3 Å². The van der Waals surface area contributed by atoms with E-state index in [9.17, 15) is 14.7 Å². The highest BCUT2D eigenvalue weighted by Crippen LogP contribution is 2.29. The van der Waals surface area contributed by atoms with Gasteiger partial charge in [0, 0.05) is 22.3 Å². The van der Waals surface area contributed by atoms with E-state index >= 15 is 0 Å². The number of hydrogen-bond acceptors (Lipinski definition) is 3. The Labute approximate surface area is 105 Å². The second-order valence-electron chi connectivity index (χ2n) is 4.26. The van der Waals surface area contributed by atoms with Gasteiger partial charge in [-0.25, -0.2) is 0 Å². The van der Waals surface area contributed by atoms with Crippen molar-refractivity contribution in [1.29, 1.82) is 0 Å². The topological polar surface area (TPSA) is 54.4 Å². The fraction of sp³-hybridized carbons (Fsp3) is 0.200. The number of aliphatic hydroxyl groups is 1. The minimum Gasteiger partial charge on any atom is -0.389 e. The molecule has 0 heterocycles. The van der Waals surface area contributed by atoms with Crippen LogP contribution in [0.5, 0.6) is 0 Å². The van der Waals surface area contributed by atoms with Crippen molar-refractivity contribution < 1.29 is 14.7 Å². The standard InChI is InChI=1S/C15H14O3/c1-3-6-12-13(9(2)16)15(18)11-8-5-4-7-10(11)14(12)17/h3-5,7-9,16H,1,6H2,2H3. The van der Waals surface area contributed by atoms with E-state index in [2.05, 4.69) is 6.58 Å². The first-order valence-electron chi connectivity index (χ1n) is 5.78. The Morgan fingerprint density at radius 3 is 2.28 bits per heavy atom. The van der Waals surface area contributed by atoms with Crippen LogP contribution in [0.1, 0.15) is 34.1 Å². The summed E-state index contributed by atoms with van der Waals surface area (Å²) in [6.07, 6.45) is 0.903. The lowest BCUT2D eigenvalue weighted by Gasteiger charge is -2.22. The number of ketones is 2. The summed E-state index contributed by atoms with van der Waals surface area (Å²) < 4.78 is 0. The van der Waals surface area contributed by atoms with Crippen molar-refractivity contribution in [3.05, 3.63) is 59.2 Å². The van der Waals surface area contributed by atoms with Crippen molar-refractivity contribution in [1.82, 2.24) is 0 Å². The van der Waals surface area contributed by atoms with E-state index < -0.39 is 6.10 Å². The molecule has 0 saturated heterocycles. The number of rotatable bonds is 3. The zero-order chi connectivity index (χ0) is 13.3. The number of carbonyl (C=O) groups excluding carboxylic acids is 2. The van der Waals surface area contributed by atoms with E-state index in [4.69, 9.17) is 0 Å². The third-order valence-corrected chi connectivity index (χ3v) is 3.03. The Balaban J connectivity index is 2.67. The lowest BCUT2D eigenvalue weighted by molar-refractivity contribution is 0.0942. The first-order chi connectivity index (χ1) is 8.57. The minimum absolute atomic E-state index is 0.193. The molecule has 0 aliphatic heterocycles. The molecule has 3 nitrogen and oxygen atoms in total. The van der Waals surface area contributed by atoms with E-state index in [1.807, 2.05) is 0 Å². The SMILES string of the molecule is C=CCC1=C(C(C)O)C(=O)c2ccccc2C1=O. The Morgan fingerprint density at radius 1 is 1.22 bits per heavy atom. The number of Topliss-reactive ketones (excluding diaryl/α,β-unsaturated/α-hetero) is 2. The van der Waals surface area contributed by atoms with Crippen LogP contribution in [-0.4, -0.2) is 22.8 Å². The maximum absolute atomic E-state index is 12.3. The fourth-order valence-electron chi connectivity index (χ4n) is 2.23. The average Bonchev–Trinajstić information content (AvgIpc) is 2.35. The Bertz CT molecular complexity index is 565. The number of fused-ring (bicyclic) bond motifs is 1. The molecule has 0 saturated carbocycles. The fourth-order valence-corrected chi connectivity index (χ4v) is 2.23. The molecule has 92 valence electrons. The van der Waals surface area contributed by atoms with Gasteiger partial charge in [0.05, 0.1) is 6.10 Å². The monoisotopic (exact) mass is 242 g/mol. The summed E-state index contributed by atoms with van der Waals surface area (Å²) in [4.78, 5) is 24.6. The summed E-state index contributed by atoms with van der Waals surface area (Å²) in [6, 6.07) is 6.69.